The molecule has 1 aliphatic carbocycles. The first-order chi connectivity index (χ1) is 6.61. The number of nitrogens with zero attached hydrogens (tertiary/aromatic N) is 1. The van der Waals surface area contributed by atoms with Crippen molar-refractivity contribution in [1.82, 2.24) is 4.90 Å². The Labute approximate surface area is 88.8 Å². The maximum Gasteiger partial charge on any atom is 0.00954 e. The van der Waals surface area contributed by atoms with Gasteiger partial charge in [0.25, 0.3) is 0 Å². The Morgan fingerprint density at radius 3 is 2.36 bits per heavy atom. The molecule has 0 aromatic heterocycles. The van der Waals surface area contributed by atoms with Crippen LogP contribution in [0.15, 0.2) is 0 Å². The number of nitrogens with two attached hydrogens (primary N) is 1. The highest BCUT2D eigenvalue weighted by Gasteiger charge is 2.19. The molecule has 14 heavy (non-hydrogen) atoms. The molecule has 1 rings (SSSR count). The first-order valence-electron chi connectivity index (χ1n) is 6.08. The van der Waals surface area contributed by atoms with Crippen LogP contribution in [-0.4, -0.2) is 30.1 Å². The molecule has 0 spiro atoms. The fourth-order valence-corrected chi connectivity index (χ4v) is 2.31. The Hall–Kier alpha value is -0.0800. The third-order valence-corrected chi connectivity index (χ3v) is 3.62. The summed E-state index contributed by atoms with van der Waals surface area (Å²) in [5, 5.41) is 0. The van der Waals surface area contributed by atoms with E-state index in [2.05, 4.69) is 25.8 Å². The average molecular weight is 198 g/mol. The summed E-state index contributed by atoms with van der Waals surface area (Å²) in [5.74, 6) is 0. The van der Waals surface area contributed by atoms with Crippen LogP contribution >= 0.6 is 0 Å². The lowest BCUT2D eigenvalue weighted by Gasteiger charge is -2.33. The number of hydrogen-bond donors (Lipinski definition) is 1. The molecule has 1 aliphatic rings. The zero-order chi connectivity index (χ0) is 10.6. The molecule has 0 aliphatic heterocycles. The minimum atomic E-state index is 0.457. The topological polar surface area (TPSA) is 29.3 Å². The molecule has 1 saturated carbocycles. The van der Waals surface area contributed by atoms with Crippen molar-refractivity contribution in [2.75, 3.05) is 7.05 Å². The van der Waals surface area contributed by atoms with Crippen molar-refractivity contribution < 1.29 is 0 Å². The lowest BCUT2D eigenvalue weighted by molar-refractivity contribution is 0.162. The smallest absolute Gasteiger partial charge is 0.00954 e. The van der Waals surface area contributed by atoms with Crippen LogP contribution < -0.4 is 5.73 Å². The summed E-state index contributed by atoms with van der Waals surface area (Å²) in [6.45, 7) is 4.55. The molecule has 0 bridgehead atoms. The lowest BCUT2D eigenvalue weighted by atomic mass is 9.92. The highest BCUT2D eigenvalue weighted by molar-refractivity contribution is 4.77. The molecule has 0 aromatic carbocycles. The Bertz CT molecular complexity index is 156. The molecule has 0 aromatic rings. The molecular formula is C12H26N2. The van der Waals surface area contributed by atoms with Crippen molar-refractivity contribution in [3.05, 3.63) is 0 Å². The van der Waals surface area contributed by atoms with Crippen molar-refractivity contribution in [2.45, 2.75) is 70.5 Å². The Balaban J connectivity index is 2.42. The van der Waals surface area contributed by atoms with E-state index < -0.39 is 0 Å². The monoisotopic (exact) mass is 198 g/mol. The van der Waals surface area contributed by atoms with Crippen LogP contribution in [0.5, 0.6) is 0 Å². The summed E-state index contributed by atoms with van der Waals surface area (Å²) in [7, 11) is 2.25. The summed E-state index contributed by atoms with van der Waals surface area (Å²) >= 11 is 0. The van der Waals surface area contributed by atoms with Crippen molar-refractivity contribution in [1.29, 1.82) is 0 Å². The van der Waals surface area contributed by atoms with Crippen LogP contribution in [0.25, 0.3) is 0 Å². The van der Waals surface area contributed by atoms with E-state index in [0.29, 0.717) is 12.1 Å². The van der Waals surface area contributed by atoms with Gasteiger partial charge in [-0.2, -0.15) is 0 Å². The van der Waals surface area contributed by atoms with Gasteiger partial charge in [-0.3, -0.25) is 0 Å². The van der Waals surface area contributed by atoms with Gasteiger partial charge >= 0.3 is 0 Å². The molecule has 84 valence electrons. The summed E-state index contributed by atoms with van der Waals surface area (Å²) in [5.41, 5.74) is 6.02. The van der Waals surface area contributed by atoms with Gasteiger partial charge in [0.15, 0.2) is 0 Å². The minimum Gasteiger partial charge on any atom is -0.328 e. The molecule has 2 N–H and O–H groups in total. The van der Waals surface area contributed by atoms with Crippen molar-refractivity contribution >= 4 is 0 Å². The fourth-order valence-electron chi connectivity index (χ4n) is 2.31. The Kier molecular flexibility index (Phi) is 4.90. The lowest BCUT2D eigenvalue weighted by Crippen LogP contribution is -2.39. The zero-order valence-corrected chi connectivity index (χ0v) is 10.00. The van der Waals surface area contributed by atoms with Crippen LogP contribution in [0.1, 0.15) is 52.4 Å². The summed E-state index contributed by atoms with van der Waals surface area (Å²) in [6.07, 6.45) is 7.77. The first-order valence-corrected chi connectivity index (χ1v) is 6.08. The standard InChI is InChI=1S/C12H26N2/c1-10(2)14(3)12-7-5-4-6-11(13)8-9-12/h10-12H,4-9,13H2,1-3H3. The first kappa shape index (κ1) is 12.0. The zero-order valence-electron chi connectivity index (χ0n) is 10.00. The SMILES string of the molecule is CC(C)N(C)C1CCCCC(N)CC1. The van der Waals surface area contributed by atoms with E-state index in [9.17, 15) is 0 Å². The molecule has 0 saturated heterocycles. The van der Waals surface area contributed by atoms with Gasteiger partial charge in [0.05, 0.1) is 0 Å². The molecule has 2 nitrogen and oxygen atoms in total. The molecule has 1 fully saturated rings. The van der Waals surface area contributed by atoms with Crippen molar-refractivity contribution in [3.63, 3.8) is 0 Å². The molecule has 0 heterocycles. The Morgan fingerprint density at radius 2 is 1.71 bits per heavy atom. The highest BCUT2D eigenvalue weighted by Crippen LogP contribution is 2.21. The number of hydrogen-bond acceptors (Lipinski definition) is 2. The van der Waals surface area contributed by atoms with Crippen LogP contribution in [-0.2, 0) is 0 Å². The maximum atomic E-state index is 6.02. The van der Waals surface area contributed by atoms with Gasteiger partial charge in [0, 0.05) is 18.1 Å². The van der Waals surface area contributed by atoms with Gasteiger partial charge in [-0.1, -0.05) is 12.8 Å². The second-order valence-corrected chi connectivity index (χ2v) is 5.03. The third kappa shape index (κ3) is 3.58. The minimum absolute atomic E-state index is 0.457. The van der Waals surface area contributed by atoms with E-state index in [-0.39, 0.29) is 0 Å². The normalized spacial score (nSPS) is 30.4. The predicted molar refractivity (Wildman–Crippen MR) is 62.4 cm³/mol. The van der Waals surface area contributed by atoms with E-state index in [1.165, 1.54) is 38.5 Å². The van der Waals surface area contributed by atoms with Crippen LogP contribution in [0.3, 0.4) is 0 Å². The maximum absolute atomic E-state index is 6.02. The predicted octanol–water partition coefficient (Wildman–Crippen LogP) is 2.38. The Morgan fingerprint density at radius 1 is 1.07 bits per heavy atom. The molecule has 0 radical (unpaired) electrons. The van der Waals surface area contributed by atoms with Gasteiger partial charge in [-0.05, 0) is 46.6 Å². The van der Waals surface area contributed by atoms with Gasteiger partial charge in [0.2, 0.25) is 0 Å². The number of rotatable bonds is 2. The second kappa shape index (κ2) is 5.72. The molecule has 0 amide bonds. The van der Waals surface area contributed by atoms with Crippen LogP contribution in [0.2, 0.25) is 0 Å². The van der Waals surface area contributed by atoms with E-state index in [1.54, 1.807) is 0 Å². The molecule has 2 heteroatoms. The van der Waals surface area contributed by atoms with Crippen LogP contribution in [0.4, 0.5) is 0 Å². The summed E-state index contributed by atoms with van der Waals surface area (Å²) in [4.78, 5) is 2.51. The van der Waals surface area contributed by atoms with E-state index in [0.717, 1.165) is 6.04 Å². The summed E-state index contributed by atoms with van der Waals surface area (Å²) < 4.78 is 0. The molecule has 2 atom stereocenters. The molecular weight excluding hydrogens is 172 g/mol. The molecule has 2 unspecified atom stereocenters. The second-order valence-electron chi connectivity index (χ2n) is 5.03. The highest BCUT2D eigenvalue weighted by atomic mass is 15.1. The third-order valence-electron chi connectivity index (χ3n) is 3.62. The van der Waals surface area contributed by atoms with Gasteiger partial charge in [-0.15, -0.1) is 0 Å². The van der Waals surface area contributed by atoms with Gasteiger partial charge < -0.3 is 10.6 Å². The van der Waals surface area contributed by atoms with Crippen LogP contribution in [0, 0.1) is 0 Å². The van der Waals surface area contributed by atoms with E-state index in [1.807, 2.05) is 0 Å². The fraction of sp³-hybridized carbons (Fsp3) is 1.00. The van der Waals surface area contributed by atoms with E-state index >= 15 is 0 Å². The summed E-state index contributed by atoms with van der Waals surface area (Å²) in [6, 6.07) is 1.88. The quantitative estimate of drug-likeness (QED) is 0.738. The van der Waals surface area contributed by atoms with Gasteiger partial charge in [-0.25, -0.2) is 0 Å². The van der Waals surface area contributed by atoms with Crippen molar-refractivity contribution in [2.24, 2.45) is 5.73 Å². The van der Waals surface area contributed by atoms with Crippen molar-refractivity contribution in [3.8, 4) is 0 Å². The average Bonchev–Trinajstić information content (AvgIpc) is 2.11. The van der Waals surface area contributed by atoms with E-state index in [4.69, 9.17) is 5.73 Å². The largest absolute Gasteiger partial charge is 0.328 e. The van der Waals surface area contributed by atoms with Gasteiger partial charge in [0.1, 0.15) is 0 Å².